The van der Waals surface area contributed by atoms with Crippen molar-refractivity contribution in [2.24, 2.45) is 0 Å². The van der Waals surface area contributed by atoms with E-state index in [1.807, 2.05) is 0 Å². The van der Waals surface area contributed by atoms with Crippen molar-refractivity contribution in [2.45, 2.75) is 32.6 Å². The molecule has 3 rings (SSSR count). The maximum atomic E-state index is 13.4. The molecular weight excluding hydrogens is 295 g/mol. The first-order chi connectivity index (χ1) is 10.3. The van der Waals surface area contributed by atoms with Gasteiger partial charge in [-0.2, -0.15) is 18.3 Å². The van der Waals surface area contributed by atoms with E-state index in [0.717, 1.165) is 6.07 Å². The Morgan fingerprint density at radius 1 is 1.32 bits per heavy atom. The number of rotatable bonds is 2. The molecule has 0 saturated heterocycles. The van der Waals surface area contributed by atoms with E-state index in [2.05, 4.69) is 10.2 Å². The van der Waals surface area contributed by atoms with Gasteiger partial charge in [0.15, 0.2) is 0 Å². The fourth-order valence-electron chi connectivity index (χ4n) is 2.67. The molecule has 0 unspecified atom stereocenters. The lowest BCUT2D eigenvalue weighted by molar-refractivity contribution is -0.138. The molecular formula is C15H14F3N3O. The number of aromatic nitrogens is 2. The van der Waals surface area contributed by atoms with Gasteiger partial charge < -0.3 is 4.90 Å². The summed E-state index contributed by atoms with van der Waals surface area (Å²) in [6.07, 6.45) is -3.05. The third-order valence-electron chi connectivity index (χ3n) is 3.81. The Kier molecular flexibility index (Phi) is 3.23. The van der Waals surface area contributed by atoms with Crippen LogP contribution in [0.2, 0.25) is 0 Å². The number of benzene rings is 1. The molecule has 2 heterocycles. The van der Waals surface area contributed by atoms with Crippen molar-refractivity contribution in [2.75, 3.05) is 0 Å². The van der Waals surface area contributed by atoms with Crippen LogP contribution in [0.15, 0.2) is 24.4 Å². The smallest absolute Gasteiger partial charge is 0.332 e. The van der Waals surface area contributed by atoms with Gasteiger partial charge in [0, 0.05) is 29.9 Å². The number of aromatic amines is 1. The van der Waals surface area contributed by atoms with Crippen LogP contribution in [0.1, 0.15) is 35.3 Å². The third kappa shape index (κ3) is 2.26. The normalized spacial score (nSPS) is 14.8. The minimum absolute atomic E-state index is 0.00999. The van der Waals surface area contributed by atoms with Crippen molar-refractivity contribution in [3.05, 3.63) is 41.1 Å². The summed E-state index contributed by atoms with van der Waals surface area (Å²) in [6, 6.07) is 3.99. The summed E-state index contributed by atoms with van der Waals surface area (Å²) < 4.78 is 40.1. The number of fused-ring (bicyclic) bond motifs is 1. The first kappa shape index (κ1) is 14.6. The maximum absolute atomic E-state index is 13.4. The highest BCUT2D eigenvalue weighted by Gasteiger charge is 2.40. The highest BCUT2D eigenvalue weighted by Crippen LogP contribution is 2.40. The average molecular weight is 309 g/mol. The number of carbonyl (C=O) groups excluding carboxylic acids is 1. The molecule has 1 amide bonds. The van der Waals surface area contributed by atoms with Gasteiger partial charge in [-0.1, -0.05) is 0 Å². The van der Waals surface area contributed by atoms with E-state index in [4.69, 9.17) is 0 Å². The Labute approximate surface area is 124 Å². The average Bonchev–Trinajstić information content (AvgIpc) is 3.05. The Morgan fingerprint density at radius 3 is 2.59 bits per heavy atom. The first-order valence-corrected chi connectivity index (χ1v) is 6.84. The second-order valence-electron chi connectivity index (χ2n) is 5.54. The van der Waals surface area contributed by atoms with Crippen molar-refractivity contribution >= 4 is 5.91 Å². The molecule has 2 aromatic rings. The SMILES string of the molecule is CC(C)N1Cc2c(cc(-c3ccn[nH]3)cc2C(F)(F)F)C1=O. The molecule has 116 valence electrons. The van der Waals surface area contributed by atoms with Crippen LogP contribution in [0.5, 0.6) is 0 Å². The highest BCUT2D eigenvalue weighted by molar-refractivity contribution is 6.00. The monoisotopic (exact) mass is 309 g/mol. The van der Waals surface area contributed by atoms with Crippen LogP contribution >= 0.6 is 0 Å². The zero-order valence-electron chi connectivity index (χ0n) is 12.0. The summed E-state index contributed by atoms with van der Waals surface area (Å²) in [6.45, 7) is 3.56. The van der Waals surface area contributed by atoms with Gasteiger partial charge in [-0.3, -0.25) is 9.89 Å². The Morgan fingerprint density at radius 2 is 2.05 bits per heavy atom. The lowest BCUT2D eigenvalue weighted by atomic mass is 9.97. The summed E-state index contributed by atoms with van der Waals surface area (Å²) in [4.78, 5) is 13.8. The molecule has 0 fully saturated rings. The lowest BCUT2D eigenvalue weighted by Crippen LogP contribution is -2.30. The molecule has 4 nitrogen and oxygen atoms in total. The number of alkyl halides is 3. The van der Waals surface area contributed by atoms with Crippen LogP contribution < -0.4 is 0 Å². The fourth-order valence-corrected chi connectivity index (χ4v) is 2.67. The molecule has 0 bridgehead atoms. The van der Waals surface area contributed by atoms with Crippen LogP contribution in [0.3, 0.4) is 0 Å². The first-order valence-electron chi connectivity index (χ1n) is 6.84. The largest absolute Gasteiger partial charge is 0.416 e. The molecule has 1 aromatic heterocycles. The maximum Gasteiger partial charge on any atom is 0.416 e. The van der Waals surface area contributed by atoms with Crippen molar-refractivity contribution in [3.63, 3.8) is 0 Å². The number of H-pyrrole nitrogens is 1. The van der Waals surface area contributed by atoms with Crippen LogP contribution in [0, 0.1) is 0 Å². The van der Waals surface area contributed by atoms with Crippen LogP contribution in [0.4, 0.5) is 13.2 Å². The van der Waals surface area contributed by atoms with Crippen molar-refractivity contribution in [1.29, 1.82) is 0 Å². The standard InChI is InChI=1S/C15H14F3N3O/c1-8(2)21-7-11-10(14(21)22)5-9(13-3-4-19-20-13)6-12(11)15(16,17)18/h3-6,8H,7H2,1-2H3,(H,19,20). The number of carbonyl (C=O) groups is 1. The van der Waals surface area contributed by atoms with Gasteiger partial charge in [-0.15, -0.1) is 0 Å². The molecule has 22 heavy (non-hydrogen) atoms. The van der Waals surface area contributed by atoms with E-state index in [0.29, 0.717) is 11.3 Å². The third-order valence-corrected chi connectivity index (χ3v) is 3.81. The molecule has 0 radical (unpaired) electrons. The summed E-state index contributed by atoms with van der Waals surface area (Å²) in [5, 5.41) is 6.37. The summed E-state index contributed by atoms with van der Waals surface area (Å²) in [5.74, 6) is -0.364. The fraction of sp³-hybridized carbons (Fsp3) is 0.333. The molecule has 1 aliphatic rings. The zero-order chi connectivity index (χ0) is 16.1. The Bertz CT molecular complexity index is 720. The molecule has 1 aromatic carbocycles. The predicted molar refractivity (Wildman–Crippen MR) is 74.0 cm³/mol. The topological polar surface area (TPSA) is 49.0 Å². The number of hydrogen-bond donors (Lipinski definition) is 1. The van der Waals surface area contributed by atoms with Gasteiger partial charge in [0.2, 0.25) is 0 Å². The van der Waals surface area contributed by atoms with Gasteiger partial charge in [0.05, 0.1) is 11.3 Å². The highest BCUT2D eigenvalue weighted by atomic mass is 19.4. The van der Waals surface area contributed by atoms with E-state index in [1.165, 1.54) is 17.2 Å². The molecule has 0 spiro atoms. The van der Waals surface area contributed by atoms with E-state index in [9.17, 15) is 18.0 Å². The quantitative estimate of drug-likeness (QED) is 0.923. The van der Waals surface area contributed by atoms with Crippen LogP contribution in [0.25, 0.3) is 11.3 Å². The van der Waals surface area contributed by atoms with Gasteiger partial charge in [0.25, 0.3) is 5.91 Å². The van der Waals surface area contributed by atoms with Crippen LogP contribution in [-0.4, -0.2) is 27.0 Å². The summed E-state index contributed by atoms with van der Waals surface area (Å²) >= 11 is 0. The summed E-state index contributed by atoms with van der Waals surface area (Å²) in [7, 11) is 0. The Hall–Kier alpha value is -2.31. The van der Waals surface area contributed by atoms with E-state index >= 15 is 0 Å². The van der Waals surface area contributed by atoms with Crippen molar-refractivity contribution in [1.82, 2.24) is 15.1 Å². The number of nitrogens with zero attached hydrogens (tertiary/aromatic N) is 2. The number of amides is 1. The van der Waals surface area contributed by atoms with E-state index < -0.39 is 11.7 Å². The predicted octanol–water partition coefficient (Wildman–Crippen LogP) is 3.46. The van der Waals surface area contributed by atoms with Gasteiger partial charge in [-0.05, 0) is 37.6 Å². The Balaban J connectivity index is 2.20. The molecule has 0 saturated carbocycles. The molecule has 0 aliphatic carbocycles. The zero-order valence-corrected chi connectivity index (χ0v) is 12.0. The second kappa shape index (κ2) is 4.86. The van der Waals surface area contributed by atoms with Crippen molar-refractivity contribution < 1.29 is 18.0 Å². The second-order valence-corrected chi connectivity index (χ2v) is 5.54. The number of hydrogen-bond acceptors (Lipinski definition) is 2. The van der Waals surface area contributed by atoms with E-state index in [-0.39, 0.29) is 29.6 Å². The van der Waals surface area contributed by atoms with Gasteiger partial charge >= 0.3 is 6.18 Å². The lowest BCUT2D eigenvalue weighted by Gasteiger charge is -2.20. The summed E-state index contributed by atoms with van der Waals surface area (Å²) in [5.41, 5.74) is 0.167. The number of nitrogens with one attached hydrogen (secondary N) is 1. The van der Waals surface area contributed by atoms with Gasteiger partial charge in [-0.25, -0.2) is 0 Å². The molecule has 0 atom stereocenters. The number of halogens is 3. The minimum atomic E-state index is -4.51. The molecule has 7 heteroatoms. The van der Waals surface area contributed by atoms with Crippen molar-refractivity contribution in [3.8, 4) is 11.3 Å². The molecule has 1 aliphatic heterocycles. The molecule has 1 N–H and O–H groups in total. The minimum Gasteiger partial charge on any atom is -0.332 e. The van der Waals surface area contributed by atoms with Gasteiger partial charge in [0.1, 0.15) is 0 Å². The van der Waals surface area contributed by atoms with Crippen LogP contribution in [-0.2, 0) is 12.7 Å². The van der Waals surface area contributed by atoms with E-state index in [1.54, 1.807) is 19.9 Å².